The van der Waals surface area contributed by atoms with Gasteiger partial charge in [0.1, 0.15) is 17.2 Å². The van der Waals surface area contributed by atoms with Crippen molar-refractivity contribution in [2.75, 3.05) is 13.2 Å². The SMILES string of the molecule is Cc1cccc(CCNC(=O)c2ccc(Oc3cc4c(cc3Cl)C(C(=O)O)CCO4)cc2)c1. The Labute approximate surface area is 197 Å². The summed E-state index contributed by atoms with van der Waals surface area (Å²) in [6.45, 7) is 2.91. The number of rotatable bonds is 7. The highest BCUT2D eigenvalue weighted by Gasteiger charge is 2.29. The molecule has 170 valence electrons. The Hall–Kier alpha value is -3.51. The molecule has 7 heteroatoms. The number of carboxylic acids is 1. The largest absolute Gasteiger partial charge is 0.493 e. The molecule has 0 fully saturated rings. The van der Waals surface area contributed by atoms with Gasteiger partial charge in [0.05, 0.1) is 17.5 Å². The maximum Gasteiger partial charge on any atom is 0.311 e. The van der Waals surface area contributed by atoms with Crippen molar-refractivity contribution < 1.29 is 24.2 Å². The van der Waals surface area contributed by atoms with Crippen molar-refractivity contribution in [3.63, 3.8) is 0 Å². The molecule has 0 spiro atoms. The van der Waals surface area contributed by atoms with Crippen LogP contribution in [0.2, 0.25) is 5.02 Å². The highest BCUT2D eigenvalue weighted by molar-refractivity contribution is 6.32. The zero-order chi connectivity index (χ0) is 23.4. The Morgan fingerprint density at radius 2 is 1.94 bits per heavy atom. The van der Waals surface area contributed by atoms with Crippen molar-refractivity contribution in [2.24, 2.45) is 0 Å². The van der Waals surface area contributed by atoms with Crippen molar-refractivity contribution >= 4 is 23.5 Å². The fraction of sp³-hybridized carbons (Fsp3) is 0.231. The molecule has 1 atom stereocenters. The first kappa shape index (κ1) is 22.7. The van der Waals surface area contributed by atoms with Crippen molar-refractivity contribution in [2.45, 2.75) is 25.7 Å². The molecule has 1 aliphatic heterocycles. The van der Waals surface area contributed by atoms with Gasteiger partial charge in [-0.15, -0.1) is 0 Å². The summed E-state index contributed by atoms with van der Waals surface area (Å²) in [4.78, 5) is 23.9. The van der Waals surface area contributed by atoms with E-state index in [0.29, 0.717) is 53.0 Å². The number of ether oxygens (including phenoxy) is 2. The first-order valence-electron chi connectivity index (χ1n) is 10.7. The zero-order valence-electron chi connectivity index (χ0n) is 18.1. The standard InChI is InChI=1S/C26H24ClNO5/c1-16-3-2-4-17(13-16)9-11-28-25(29)18-5-7-19(8-6-18)33-24-15-23-21(14-22(24)27)20(26(30)31)10-12-32-23/h2-8,13-15,20H,9-12H2,1H3,(H,28,29)(H,30,31). The van der Waals surface area contributed by atoms with Crippen molar-refractivity contribution in [1.82, 2.24) is 5.32 Å². The average molecular weight is 466 g/mol. The normalized spacial score (nSPS) is 14.7. The second kappa shape index (κ2) is 9.96. The van der Waals surface area contributed by atoms with Gasteiger partial charge in [-0.05, 0) is 55.7 Å². The lowest BCUT2D eigenvalue weighted by molar-refractivity contribution is -0.139. The van der Waals surface area contributed by atoms with Crippen LogP contribution in [0.5, 0.6) is 17.2 Å². The predicted octanol–water partition coefficient (Wildman–Crippen LogP) is 5.36. The summed E-state index contributed by atoms with van der Waals surface area (Å²) in [5.41, 5.74) is 3.45. The fourth-order valence-corrected chi connectivity index (χ4v) is 4.03. The highest BCUT2D eigenvalue weighted by Crippen LogP contribution is 2.41. The summed E-state index contributed by atoms with van der Waals surface area (Å²) in [6, 6.07) is 18.1. The zero-order valence-corrected chi connectivity index (χ0v) is 18.9. The Morgan fingerprint density at radius 1 is 1.15 bits per heavy atom. The van der Waals surface area contributed by atoms with Gasteiger partial charge in [-0.1, -0.05) is 41.4 Å². The third kappa shape index (κ3) is 5.46. The first-order chi connectivity index (χ1) is 15.9. The molecular weight excluding hydrogens is 442 g/mol. The monoisotopic (exact) mass is 465 g/mol. The van der Waals surface area contributed by atoms with Crippen LogP contribution in [0.4, 0.5) is 0 Å². The van der Waals surface area contributed by atoms with Crippen LogP contribution in [0.25, 0.3) is 0 Å². The van der Waals surface area contributed by atoms with Gasteiger partial charge in [0.2, 0.25) is 0 Å². The number of hydrogen-bond acceptors (Lipinski definition) is 4. The lowest BCUT2D eigenvalue weighted by atomic mass is 9.93. The summed E-state index contributed by atoms with van der Waals surface area (Å²) in [6.07, 6.45) is 1.16. The van der Waals surface area contributed by atoms with Crippen molar-refractivity contribution in [3.05, 3.63) is 87.9 Å². The molecule has 1 amide bonds. The molecule has 0 saturated heterocycles. The van der Waals surface area contributed by atoms with Gasteiger partial charge in [0.15, 0.2) is 0 Å². The molecule has 1 aliphatic rings. The molecule has 4 rings (SSSR count). The number of fused-ring (bicyclic) bond motifs is 1. The Balaban J connectivity index is 1.38. The van der Waals surface area contributed by atoms with E-state index in [1.165, 1.54) is 11.1 Å². The quantitative estimate of drug-likeness (QED) is 0.490. The van der Waals surface area contributed by atoms with Gasteiger partial charge in [-0.2, -0.15) is 0 Å². The molecule has 0 radical (unpaired) electrons. The Morgan fingerprint density at radius 3 is 2.67 bits per heavy atom. The van der Waals surface area contributed by atoms with Gasteiger partial charge in [0, 0.05) is 23.7 Å². The maximum atomic E-state index is 12.4. The molecular formula is C26H24ClNO5. The van der Waals surface area contributed by atoms with Crippen LogP contribution >= 0.6 is 11.6 Å². The van der Waals surface area contributed by atoms with Crippen LogP contribution in [0.3, 0.4) is 0 Å². The van der Waals surface area contributed by atoms with Gasteiger partial charge in [0.25, 0.3) is 5.91 Å². The van der Waals surface area contributed by atoms with E-state index in [1.54, 1.807) is 36.4 Å². The maximum absolute atomic E-state index is 12.4. The summed E-state index contributed by atoms with van der Waals surface area (Å²) >= 11 is 6.34. The third-order valence-corrected chi connectivity index (χ3v) is 5.82. The molecule has 0 aliphatic carbocycles. The average Bonchev–Trinajstić information content (AvgIpc) is 2.79. The minimum absolute atomic E-state index is 0.158. The molecule has 3 aromatic carbocycles. The lowest BCUT2D eigenvalue weighted by Gasteiger charge is -2.24. The van der Waals surface area contributed by atoms with E-state index in [0.717, 1.165) is 6.42 Å². The predicted molar refractivity (Wildman–Crippen MR) is 126 cm³/mol. The van der Waals surface area contributed by atoms with Gasteiger partial charge in [-0.25, -0.2) is 0 Å². The Kier molecular flexibility index (Phi) is 6.84. The topological polar surface area (TPSA) is 84.9 Å². The summed E-state index contributed by atoms with van der Waals surface area (Å²) in [5.74, 6) is -0.400. The number of nitrogens with one attached hydrogen (secondary N) is 1. The van der Waals surface area contributed by atoms with E-state index in [1.807, 2.05) is 25.1 Å². The number of carbonyl (C=O) groups excluding carboxylic acids is 1. The van der Waals surface area contributed by atoms with Crippen LogP contribution in [0.15, 0.2) is 60.7 Å². The smallest absolute Gasteiger partial charge is 0.311 e. The number of aryl methyl sites for hydroxylation is 1. The number of amides is 1. The molecule has 2 N–H and O–H groups in total. The fourth-order valence-electron chi connectivity index (χ4n) is 3.82. The molecule has 6 nitrogen and oxygen atoms in total. The molecule has 1 unspecified atom stereocenters. The number of halogens is 1. The second-order valence-corrected chi connectivity index (χ2v) is 8.38. The molecule has 0 saturated carbocycles. The minimum atomic E-state index is -0.906. The molecule has 3 aromatic rings. The number of carbonyl (C=O) groups is 2. The third-order valence-electron chi connectivity index (χ3n) is 5.53. The van der Waals surface area contributed by atoms with E-state index in [9.17, 15) is 14.7 Å². The van der Waals surface area contributed by atoms with E-state index in [2.05, 4.69) is 11.4 Å². The lowest BCUT2D eigenvalue weighted by Crippen LogP contribution is -2.25. The van der Waals surface area contributed by atoms with Crippen LogP contribution < -0.4 is 14.8 Å². The van der Waals surface area contributed by atoms with Gasteiger partial charge in [-0.3, -0.25) is 9.59 Å². The minimum Gasteiger partial charge on any atom is -0.493 e. The number of hydrogen-bond donors (Lipinski definition) is 2. The van der Waals surface area contributed by atoms with Crippen LogP contribution in [-0.2, 0) is 11.2 Å². The van der Waals surface area contributed by atoms with Crippen molar-refractivity contribution in [3.8, 4) is 17.2 Å². The first-order valence-corrected chi connectivity index (χ1v) is 11.1. The van der Waals surface area contributed by atoms with Crippen molar-refractivity contribution in [1.29, 1.82) is 0 Å². The second-order valence-electron chi connectivity index (χ2n) is 7.97. The van der Waals surface area contributed by atoms with E-state index in [4.69, 9.17) is 21.1 Å². The van der Waals surface area contributed by atoms with Crippen LogP contribution in [0.1, 0.15) is 39.4 Å². The summed E-state index contributed by atoms with van der Waals surface area (Å²) < 4.78 is 11.5. The molecule has 0 bridgehead atoms. The van der Waals surface area contributed by atoms with Gasteiger partial charge >= 0.3 is 5.97 Å². The van der Waals surface area contributed by atoms with Gasteiger partial charge < -0.3 is 19.9 Å². The summed E-state index contributed by atoms with van der Waals surface area (Å²) in [7, 11) is 0. The summed E-state index contributed by atoms with van der Waals surface area (Å²) in [5, 5.41) is 12.6. The highest BCUT2D eigenvalue weighted by atomic mass is 35.5. The molecule has 1 heterocycles. The van der Waals surface area contributed by atoms with Crippen LogP contribution in [-0.4, -0.2) is 30.1 Å². The Bertz CT molecular complexity index is 1180. The van der Waals surface area contributed by atoms with Crippen LogP contribution in [0, 0.1) is 6.92 Å². The van der Waals surface area contributed by atoms with E-state index < -0.39 is 11.9 Å². The number of carboxylic acid groups (broad SMARTS) is 1. The van der Waals surface area contributed by atoms with E-state index in [-0.39, 0.29) is 5.91 Å². The van der Waals surface area contributed by atoms with E-state index >= 15 is 0 Å². The molecule has 33 heavy (non-hydrogen) atoms. The number of aliphatic carboxylic acids is 1. The molecule has 0 aromatic heterocycles. The number of benzene rings is 3.